The van der Waals surface area contributed by atoms with E-state index >= 15 is 0 Å². The molecule has 1 heterocycles. The molecule has 0 saturated carbocycles. The van der Waals surface area contributed by atoms with E-state index in [1.54, 1.807) is 0 Å². The third kappa shape index (κ3) is 11.0. The van der Waals surface area contributed by atoms with Crippen LogP contribution in [0.4, 0.5) is 5.69 Å². The Bertz CT molecular complexity index is 722. The van der Waals surface area contributed by atoms with Crippen molar-refractivity contribution in [2.24, 2.45) is 0 Å². The van der Waals surface area contributed by atoms with Crippen molar-refractivity contribution < 1.29 is 0 Å². The van der Waals surface area contributed by atoms with Gasteiger partial charge >= 0.3 is 0 Å². The number of aromatic nitrogens is 1. The van der Waals surface area contributed by atoms with Gasteiger partial charge in [0.25, 0.3) is 0 Å². The van der Waals surface area contributed by atoms with E-state index in [-0.39, 0.29) is 0 Å². The lowest BCUT2D eigenvalue weighted by Crippen LogP contribution is -2.03. The van der Waals surface area contributed by atoms with E-state index < -0.39 is 0 Å². The molecule has 0 aliphatic rings. The molecule has 0 spiro atoms. The Kier molecular flexibility index (Phi) is 13.4. The first-order valence-electron chi connectivity index (χ1n) is 13.3. The molecule has 1 N–H and O–H groups in total. The number of pyridine rings is 1. The lowest BCUT2D eigenvalue weighted by molar-refractivity contribution is 0.530. The second kappa shape index (κ2) is 16.1. The molecule has 0 radical (unpaired) electrons. The molecular formula is C29H48N2. The standard InChI is InChI=1S/C29H48N2/c1-4-5-6-7-8-9-10-11-12-13-14-15-16-17-18-19-22-30-29-24-26(3)31-28-21-20-25(2)23-27(28)29/h20-21,23-24H,4-19,22H2,1-3H3,(H,30,31). The van der Waals surface area contributed by atoms with E-state index in [1.165, 1.54) is 119 Å². The van der Waals surface area contributed by atoms with Gasteiger partial charge in [-0.1, -0.05) is 115 Å². The zero-order valence-electron chi connectivity index (χ0n) is 20.8. The number of rotatable bonds is 18. The zero-order chi connectivity index (χ0) is 22.2. The van der Waals surface area contributed by atoms with Gasteiger partial charge in [-0.15, -0.1) is 0 Å². The van der Waals surface area contributed by atoms with E-state index in [0.29, 0.717) is 0 Å². The molecule has 2 nitrogen and oxygen atoms in total. The van der Waals surface area contributed by atoms with Crippen LogP contribution in [0.2, 0.25) is 0 Å². The van der Waals surface area contributed by atoms with Crippen molar-refractivity contribution in [2.75, 3.05) is 11.9 Å². The Labute approximate surface area is 192 Å². The Balaban J connectivity index is 1.43. The lowest BCUT2D eigenvalue weighted by Gasteiger charge is -2.11. The number of unbranched alkanes of at least 4 members (excludes halogenated alkanes) is 15. The quantitative estimate of drug-likeness (QED) is 0.241. The second-order valence-electron chi connectivity index (χ2n) is 9.56. The van der Waals surface area contributed by atoms with Gasteiger partial charge in [0.1, 0.15) is 0 Å². The first-order valence-corrected chi connectivity index (χ1v) is 13.3. The topological polar surface area (TPSA) is 24.9 Å². The van der Waals surface area contributed by atoms with Gasteiger partial charge in [0.2, 0.25) is 0 Å². The van der Waals surface area contributed by atoms with E-state index in [0.717, 1.165) is 17.8 Å². The van der Waals surface area contributed by atoms with Gasteiger partial charge in [-0.2, -0.15) is 0 Å². The molecule has 0 saturated heterocycles. The summed E-state index contributed by atoms with van der Waals surface area (Å²) in [4.78, 5) is 4.66. The fraction of sp³-hybridized carbons (Fsp3) is 0.690. The highest BCUT2D eigenvalue weighted by Crippen LogP contribution is 2.24. The molecule has 0 amide bonds. The SMILES string of the molecule is CCCCCCCCCCCCCCCCCCNc1cc(C)nc2ccc(C)cc12. The highest BCUT2D eigenvalue weighted by atomic mass is 14.9. The van der Waals surface area contributed by atoms with Crippen LogP contribution < -0.4 is 5.32 Å². The number of aryl methyl sites for hydroxylation is 2. The molecule has 1 aromatic carbocycles. The summed E-state index contributed by atoms with van der Waals surface area (Å²) in [6.45, 7) is 7.59. The molecule has 2 heteroatoms. The summed E-state index contributed by atoms with van der Waals surface area (Å²) in [5.74, 6) is 0. The number of nitrogens with zero attached hydrogens (tertiary/aromatic N) is 1. The van der Waals surface area contributed by atoms with Crippen LogP contribution in [0, 0.1) is 13.8 Å². The summed E-state index contributed by atoms with van der Waals surface area (Å²) in [6, 6.07) is 8.72. The monoisotopic (exact) mass is 424 g/mol. The summed E-state index contributed by atoms with van der Waals surface area (Å²) in [6.07, 6.45) is 22.7. The summed E-state index contributed by atoms with van der Waals surface area (Å²) < 4.78 is 0. The van der Waals surface area contributed by atoms with Gasteiger partial charge < -0.3 is 5.32 Å². The highest BCUT2D eigenvalue weighted by molar-refractivity contribution is 5.91. The summed E-state index contributed by atoms with van der Waals surface area (Å²) in [5.41, 5.74) is 4.72. The Morgan fingerprint density at radius 3 is 1.71 bits per heavy atom. The Morgan fingerprint density at radius 1 is 0.645 bits per heavy atom. The zero-order valence-corrected chi connectivity index (χ0v) is 20.8. The van der Waals surface area contributed by atoms with E-state index in [9.17, 15) is 0 Å². The van der Waals surface area contributed by atoms with Gasteiger partial charge in [0.05, 0.1) is 5.52 Å². The van der Waals surface area contributed by atoms with Gasteiger partial charge in [-0.05, 0) is 38.5 Å². The van der Waals surface area contributed by atoms with Crippen LogP contribution in [-0.4, -0.2) is 11.5 Å². The molecule has 0 bridgehead atoms. The van der Waals surface area contributed by atoms with Crippen LogP contribution in [0.25, 0.3) is 10.9 Å². The largest absolute Gasteiger partial charge is 0.384 e. The first kappa shape index (κ1) is 25.7. The number of benzene rings is 1. The maximum absolute atomic E-state index is 4.66. The van der Waals surface area contributed by atoms with E-state index in [2.05, 4.69) is 55.3 Å². The van der Waals surface area contributed by atoms with Gasteiger partial charge in [-0.3, -0.25) is 4.98 Å². The number of nitrogens with one attached hydrogen (secondary N) is 1. The van der Waals surface area contributed by atoms with Gasteiger partial charge in [0, 0.05) is 23.3 Å². The molecule has 174 valence electrons. The molecule has 2 aromatic rings. The number of hydrogen-bond donors (Lipinski definition) is 1. The van der Waals surface area contributed by atoms with Crippen molar-refractivity contribution in [3.8, 4) is 0 Å². The van der Waals surface area contributed by atoms with Crippen molar-refractivity contribution >= 4 is 16.6 Å². The normalized spacial score (nSPS) is 11.3. The Morgan fingerprint density at radius 2 is 1.16 bits per heavy atom. The van der Waals surface area contributed by atoms with Crippen LogP contribution in [0.1, 0.15) is 121 Å². The molecule has 0 aliphatic carbocycles. The molecule has 1 aromatic heterocycles. The maximum atomic E-state index is 4.66. The van der Waals surface area contributed by atoms with E-state index in [1.807, 2.05) is 0 Å². The lowest BCUT2D eigenvalue weighted by atomic mass is 10.0. The van der Waals surface area contributed by atoms with Crippen LogP contribution >= 0.6 is 0 Å². The van der Waals surface area contributed by atoms with Crippen molar-refractivity contribution in [3.05, 3.63) is 35.5 Å². The fourth-order valence-electron chi connectivity index (χ4n) is 4.51. The van der Waals surface area contributed by atoms with Crippen LogP contribution in [0.15, 0.2) is 24.3 Å². The minimum Gasteiger partial charge on any atom is -0.384 e. The summed E-state index contributed by atoms with van der Waals surface area (Å²) in [7, 11) is 0. The Hall–Kier alpha value is -1.57. The number of fused-ring (bicyclic) bond motifs is 1. The smallest absolute Gasteiger partial charge is 0.0726 e. The highest BCUT2D eigenvalue weighted by Gasteiger charge is 2.04. The van der Waals surface area contributed by atoms with E-state index in [4.69, 9.17) is 0 Å². The molecule has 0 aliphatic heterocycles. The van der Waals surface area contributed by atoms with Crippen molar-refractivity contribution in [1.29, 1.82) is 0 Å². The van der Waals surface area contributed by atoms with Crippen molar-refractivity contribution in [1.82, 2.24) is 4.98 Å². The third-order valence-electron chi connectivity index (χ3n) is 6.44. The number of anilines is 1. The molecular weight excluding hydrogens is 376 g/mol. The summed E-state index contributed by atoms with van der Waals surface area (Å²) in [5, 5.41) is 4.92. The molecule has 0 fully saturated rings. The minimum atomic E-state index is 1.06. The molecule has 31 heavy (non-hydrogen) atoms. The average molecular weight is 425 g/mol. The predicted octanol–water partition coefficient (Wildman–Crippen LogP) is 9.53. The van der Waals surface area contributed by atoms with Gasteiger partial charge in [0.15, 0.2) is 0 Å². The summed E-state index contributed by atoms with van der Waals surface area (Å²) >= 11 is 0. The molecule has 0 atom stereocenters. The average Bonchev–Trinajstić information content (AvgIpc) is 2.76. The second-order valence-corrected chi connectivity index (χ2v) is 9.56. The van der Waals surface area contributed by atoms with Crippen LogP contribution in [0.5, 0.6) is 0 Å². The fourth-order valence-corrected chi connectivity index (χ4v) is 4.51. The minimum absolute atomic E-state index is 1.06. The maximum Gasteiger partial charge on any atom is 0.0726 e. The van der Waals surface area contributed by atoms with Gasteiger partial charge in [-0.25, -0.2) is 0 Å². The first-order chi connectivity index (χ1) is 15.2. The molecule has 2 rings (SSSR count). The molecule has 0 unspecified atom stereocenters. The third-order valence-corrected chi connectivity index (χ3v) is 6.44. The van der Waals surface area contributed by atoms with Crippen LogP contribution in [-0.2, 0) is 0 Å². The van der Waals surface area contributed by atoms with Crippen molar-refractivity contribution in [3.63, 3.8) is 0 Å². The van der Waals surface area contributed by atoms with Crippen LogP contribution in [0.3, 0.4) is 0 Å². The number of hydrogen-bond acceptors (Lipinski definition) is 2. The predicted molar refractivity (Wildman–Crippen MR) is 139 cm³/mol. The van der Waals surface area contributed by atoms with Crippen molar-refractivity contribution in [2.45, 2.75) is 124 Å².